The van der Waals surface area contributed by atoms with E-state index in [1.165, 1.54) is 0 Å². The van der Waals surface area contributed by atoms with E-state index >= 15 is 0 Å². The molecule has 0 radical (unpaired) electrons. The molecule has 1 fully saturated rings. The molecular formula is C9H16O6. The zero-order chi connectivity index (χ0) is 11.7. The van der Waals surface area contributed by atoms with Crippen LogP contribution in [0, 0.1) is 0 Å². The maximum Gasteiger partial charge on any atom is 0.184 e. The Kier molecular flexibility index (Phi) is 3.69. The van der Waals surface area contributed by atoms with Crippen molar-refractivity contribution in [1.82, 2.24) is 0 Å². The summed E-state index contributed by atoms with van der Waals surface area (Å²) in [6.07, 6.45) is -7.16. The van der Waals surface area contributed by atoms with Crippen LogP contribution >= 0.6 is 0 Å². The Morgan fingerprint density at radius 3 is 2.00 bits per heavy atom. The van der Waals surface area contributed by atoms with Gasteiger partial charge in [-0.15, -0.1) is 0 Å². The molecule has 0 amide bonds. The van der Waals surface area contributed by atoms with Gasteiger partial charge < -0.3 is 30.3 Å². The van der Waals surface area contributed by atoms with Crippen LogP contribution in [0.3, 0.4) is 0 Å². The fraction of sp³-hybridized carbons (Fsp3) is 0.778. The maximum absolute atomic E-state index is 9.58. The molecule has 0 aliphatic carbocycles. The maximum atomic E-state index is 9.58. The molecule has 0 aromatic rings. The van der Waals surface area contributed by atoms with Crippen molar-refractivity contribution in [2.75, 3.05) is 0 Å². The molecule has 0 aromatic heterocycles. The van der Waals surface area contributed by atoms with E-state index in [9.17, 15) is 20.4 Å². The van der Waals surface area contributed by atoms with Gasteiger partial charge in [0.1, 0.15) is 30.2 Å². The predicted molar refractivity (Wildman–Crippen MR) is 49.9 cm³/mol. The molecule has 1 saturated heterocycles. The highest BCUT2D eigenvalue weighted by Crippen LogP contribution is 2.25. The Morgan fingerprint density at radius 1 is 1.13 bits per heavy atom. The lowest BCUT2D eigenvalue weighted by Crippen LogP contribution is -2.40. The highest BCUT2D eigenvalue weighted by atomic mass is 16.6. The van der Waals surface area contributed by atoms with Crippen LogP contribution in [0.1, 0.15) is 13.8 Å². The van der Waals surface area contributed by atoms with Gasteiger partial charge in [-0.25, -0.2) is 0 Å². The number of ether oxygens (including phenoxy) is 1. The second-order valence-corrected chi connectivity index (χ2v) is 3.80. The highest BCUT2D eigenvalue weighted by molar-refractivity contribution is 5.10. The van der Waals surface area contributed by atoms with Crippen molar-refractivity contribution in [1.29, 1.82) is 0 Å². The summed E-state index contributed by atoms with van der Waals surface area (Å²) in [7, 11) is 0. The monoisotopic (exact) mass is 220 g/mol. The smallest absolute Gasteiger partial charge is 0.184 e. The number of hydrogen-bond donors (Lipinski definition) is 5. The van der Waals surface area contributed by atoms with Crippen LogP contribution in [0.15, 0.2) is 11.3 Å². The van der Waals surface area contributed by atoms with E-state index in [-0.39, 0.29) is 5.76 Å². The molecule has 6 nitrogen and oxygen atoms in total. The van der Waals surface area contributed by atoms with Crippen LogP contribution in [-0.4, -0.2) is 56.2 Å². The molecular weight excluding hydrogens is 204 g/mol. The van der Waals surface area contributed by atoms with Crippen LogP contribution in [0.5, 0.6) is 0 Å². The van der Waals surface area contributed by atoms with Gasteiger partial charge in [0.25, 0.3) is 0 Å². The topological polar surface area (TPSA) is 110 Å². The summed E-state index contributed by atoms with van der Waals surface area (Å²) in [6.45, 7) is 3.15. The van der Waals surface area contributed by atoms with Crippen molar-refractivity contribution in [3.8, 4) is 0 Å². The first-order valence-electron chi connectivity index (χ1n) is 4.60. The van der Waals surface area contributed by atoms with Gasteiger partial charge in [-0.3, -0.25) is 0 Å². The van der Waals surface area contributed by atoms with Crippen LogP contribution in [0.2, 0.25) is 0 Å². The molecule has 1 heterocycles. The fourth-order valence-corrected chi connectivity index (χ4v) is 1.40. The van der Waals surface area contributed by atoms with Gasteiger partial charge in [-0.2, -0.15) is 0 Å². The van der Waals surface area contributed by atoms with Gasteiger partial charge in [0.15, 0.2) is 6.29 Å². The van der Waals surface area contributed by atoms with E-state index in [0.717, 1.165) is 0 Å². The van der Waals surface area contributed by atoms with Gasteiger partial charge in [-0.05, 0) is 19.4 Å². The van der Waals surface area contributed by atoms with Crippen LogP contribution in [0.25, 0.3) is 0 Å². The normalized spacial score (nSPS) is 37.7. The zero-order valence-electron chi connectivity index (χ0n) is 8.53. The SMILES string of the molecule is CC(C)=C(O)[C@@H](O)[C@H]1OC(O)[C@H](O)[C@@H]1O. The Balaban J connectivity index is 2.78. The second-order valence-electron chi connectivity index (χ2n) is 3.80. The largest absolute Gasteiger partial charge is 0.510 e. The minimum Gasteiger partial charge on any atom is -0.510 e. The summed E-state index contributed by atoms with van der Waals surface area (Å²) < 4.78 is 4.73. The number of aliphatic hydroxyl groups excluding tert-OH is 5. The molecule has 0 saturated carbocycles. The molecule has 15 heavy (non-hydrogen) atoms. The Hall–Kier alpha value is -0.660. The Labute approximate surface area is 87.0 Å². The van der Waals surface area contributed by atoms with Crippen LogP contribution < -0.4 is 0 Å². The molecule has 1 aliphatic rings. The Bertz CT molecular complexity index is 259. The molecule has 0 spiro atoms. The molecule has 1 rings (SSSR count). The summed E-state index contributed by atoms with van der Waals surface area (Å²) >= 11 is 0. The van der Waals surface area contributed by atoms with Gasteiger partial charge in [0.05, 0.1) is 0 Å². The van der Waals surface area contributed by atoms with Crippen molar-refractivity contribution in [3.05, 3.63) is 11.3 Å². The van der Waals surface area contributed by atoms with E-state index in [1.54, 1.807) is 13.8 Å². The lowest BCUT2D eigenvalue weighted by atomic mass is 10.0. The molecule has 88 valence electrons. The van der Waals surface area contributed by atoms with E-state index in [2.05, 4.69) is 0 Å². The van der Waals surface area contributed by atoms with Gasteiger partial charge in [-0.1, -0.05) is 0 Å². The van der Waals surface area contributed by atoms with Crippen molar-refractivity contribution in [3.63, 3.8) is 0 Å². The summed E-state index contributed by atoms with van der Waals surface area (Å²) in [6, 6.07) is 0. The second kappa shape index (κ2) is 4.46. The minimum atomic E-state index is -1.55. The Morgan fingerprint density at radius 2 is 1.67 bits per heavy atom. The van der Waals surface area contributed by atoms with Crippen molar-refractivity contribution >= 4 is 0 Å². The van der Waals surface area contributed by atoms with E-state index in [4.69, 9.17) is 9.84 Å². The van der Waals surface area contributed by atoms with Crippen molar-refractivity contribution in [2.24, 2.45) is 0 Å². The molecule has 5 N–H and O–H groups in total. The van der Waals surface area contributed by atoms with Crippen molar-refractivity contribution < 1.29 is 30.3 Å². The zero-order valence-corrected chi connectivity index (χ0v) is 8.53. The number of rotatable bonds is 2. The minimum absolute atomic E-state index is 0.333. The van der Waals surface area contributed by atoms with E-state index < -0.39 is 30.7 Å². The van der Waals surface area contributed by atoms with Gasteiger partial charge >= 0.3 is 0 Å². The number of allylic oxidation sites excluding steroid dienone is 1. The molecule has 5 atom stereocenters. The van der Waals surface area contributed by atoms with Crippen LogP contribution in [-0.2, 0) is 4.74 Å². The van der Waals surface area contributed by atoms with Crippen LogP contribution in [0.4, 0.5) is 0 Å². The standard InChI is InChI=1S/C9H16O6/c1-3(2)4(10)5(11)8-6(12)7(13)9(14)15-8/h5-14H,1-2H3/t5-,6+,7-,8-,9?/m1/s1. The molecule has 1 aliphatic heterocycles. The summed E-state index contributed by atoms with van der Waals surface area (Å²) in [5.74, 6) is -0.333. The summed E-state index contributed by atoms with van der Waals surface area (Å²) in [5, 5.41) is 46.6. The third kappa shape index (κ3) is 2.30. The van der Waals surface area contributed by atoms with E-state index in [1.807, 2.05) is 0 Å². The molecule has 6 heteroatoms. The first-order chi connectivity index (χ1) is 6.86. The average Bonchev–Trinajstić information content (AvgIpc) is 2.43. The first kappa shape index (κ1) is 12.4. The first-order valence-corrected chi connectivity index (χ1v) is 4.60. The number of aliphatic hydroxyl groups is 5. The fourth-order valence-electron chi connectivity index (χ4n) is 1.40. The van der Waals surface area contributed by atoms with Crippen molar-refractivity contribution in [2.45, 2.75) is 44.6 Å². The van der Waals surface area contributed by atoms with Gasteiger partial charge in [0, 0.05) is 0 Å². The average molecular weight is 220 g/mol. The van der Waals surface area contributed by atoms with E-state index in [0.29, 0.717) is 5.57 Å². The predicted octanol–water partition coefficient (Wildman–Crippen LogP) is -1.36. The summed E-state index contributed by atoms with van der Waals surface area (Å²) in [4.78, 5) is 0. The highest BCUT2D eigenvalue weighted by Gasteiger charge is 2.46. The molecule has 0 aromatic carbocycles. The molecule has 0 bridgehead atoms. The summed E-state index contributed by atoms with van der Waals surface area (Å²) in [5.41, 5.74) is 0.467. The third-order valence-electron chi connectivity index (χ3n) is 2.38. The lowest BCUT2D eigenvalue weighted by Gasteiger charge is -2.20. The quantitative estimate of drug-likeness (QED) is 0.367. The lowest BCUT2D eigenvalue weighted by molar-refractivity contribution is -0.144. The number of hydrogen-bond acceptors (Lipinski definition) is 6. The third-order valence-corrected chi connectivity index (χ3v) is 2.38. The molecule has 1 unspecified atom stereocenters. The van der Waals surface area contributed by atoms with Gasteiger partial charge in [0.2, 0.25) is 0 Å².